The molecule has 1 aromatic heterocycles. The van der Waals surface area contributed by atoms with Crippen LogP contribution in [0.15, 0.2) is 48.5 Å². The number of fused-ring (bicyclic) bond motifs is 3. The summed E-state index contributed by atoms with van der Waals surface area (Å²) >= 11 is 0. The van der Waals surface area contributed by atoms with Crippen molar-refractivity contribution in [3.63, 3.8) is 0 Å². The topological polar surface area (TPSA) is 71.8 Å². The number of aromatic amines is 1. The number of rotatable bonds is 1. The number of nitrogens with zero attached hydrogens (tertiary/aromatic N) is 1. The lowest BCUT2D eigenvalue weighted by atomic mass is 10.0. The van der Waals surface area contributed by atoms with Crippen LogP contribution in [0.25, 0.3) is 22.5 Å². The van der Waals surface area contributed by atoms with Crippen molar-refractivity contribution in [2.75, 3.05) is 5.73 Å². The van der Waals surface area contributed by atoms with Gasteiger partial charge < -0.3 is 5.73 Å². The van der Waals surface area contributed by atoms with E-state index in [-0.39, 0.29) is 5.78 Å². The summed E-state index contributed by atoms with van der Waals surface area (Å²) < 4.78 is 0. The van der Waals surface area contributed by atoms with E-state index in [1.54, 1.807) is 6.07 Å². The molecule has 0 saturated heterocycles. The molecule has 20 heavy (non-hydrogen) atoms. The monoisotopic (exact) mass is 261 g/mol. The second-order valence-electron chi connectivity index (χ2n) is 4.79. The Hall–Kier alpha value is -2.88. The fourth-order valence-corrected chi connectivity index (χ4v) is 2.72. The number of carbonyl (C=O) groups excluding carboxylic acids is 1. The van der Waals surface area contributed by atoms with Crippen molar-refractivity contribution in [1.29, 1.82) is 0 Å². The van der Waals surface area contributed by atoms with Gasteiger partial charge >= 0.3 is 0 Å². The SMILES string of the molecule is Nc1cccc2c1C(=O)c1c-2n[nH]c1-c1ccccc1. The van der Waals surface area contributed by atoms with Gasteiger partial charge in [0.1, 0.15) is 5.69 Å². The Kier molecular flexibility index (Phi) is 2.09. The largest absolute Gasteiger partial charge is 0.398 e. The molecule has 1 aliphatic carbocycles. The van der Waals surface area contributed by atoms with Crippen LogP contribution in [0.1, 0.15) is 15.9 Å². The molecule has 0 radical (unpaired) electrons. The zero-order chi connectivity index (χ0) is 13.7. The maximum Gasteiger partial charge on any atom is 0.200 e. The summed E-state index contributed by atoms with van der Waals surface area (Å²) in [6, 6.07) is 15.2. The molecule has 0 atom stereocenters. The summed E-state index contributed by atoms with van der Waals surface area (Å²) in [4.78, 5) is 12.6. The first-order chi connectivity index (χ1) is 9.77. The second kappa shape index (κ2) is 3.81. The molecule has 0 spiro atoms. The van der Waals surface area contributed by atoms with E-state index >= 15 is 0 Å². The van der Waals surface area contributed by atoms with Gasteiger partial charge in [0.25, 0.3) is 0 Å². The van der Waals surface area contributed by atoms with Crippen molar-refractivity contribution in [2.45, 2.75) is 0 Å². The minimum absolute atomic E-state index is 0.0549. The van der Waals surface area contributed by atoms with Gasteiger partial charge in [0.2, 0.25) is 0 Å². The van der Waals surface area contributed by atoms with Crippen LogP contribution in [-0.2, 0) is 0 Å². The highest BCUT2D eigenvalue weighted by Gasteiger charge is 2.34. The molecule has 0 bridgehead atoms. The Morgan fingerprint density at radius 1 is 0.950 bits per heavy atom. The van der Waals surface area contributed by atoms with Gasteiger partial charge in [-0.15, -0.1) is 0 Å². The van der Waals surface area contributed by atoms with E-state index in [1.807, 2.05) is 42.5 Å². The van der Waals surface area contributed by atoms with E-state index in [0.29, 0.717) is 22.5 Å². The third-order valence-electron chi connectivity index (χ3n) is 3.63. The fraction of sp³-hybridized carbons (Fsp3) is 0. The second-order valence-corrected chi connectivity index (χ2v) is 4.79. The molecule has 1 heterocycles. The van der Waals surface area contributed by atoms with E-state index in [0.717, 1.165) is 16.8 Å². The van der Waals surface area contributed by atoms with Gasteiger partial charge in [0, 0.05) is 16.8 Å². The van der Waals surface area contributed by atoms with Crippen LogP contribution >= 0.6 is 0 Å². The van der Waals surface area contributed by atoms with Crippen molar-refractivity contribution < 1.29 is 4.79 Å². The number of anilines is 1. The molecule has 3 N–H and O–H groups in total. The average Bonchev–Trinajstić information content (AvgIpc) is 3.02. The van der Waals surface area contributed by atoms with Gasteiger partial charge in [-0.05, 0) is 6.07 Å². The highest BCUT2D eigenvalue weighted by Crippen LogP contribution is 2.41. The molecule has 0 saturated carbocycles. The third kappa shape index (κ3) is 1.30. The molecule has 2 aromatic carbocycles. The Morgan fingerprint density at radius 3 is 2.55 bits per heavy atom. The Labute approximate surface area is 115 Å². The summed E-state index contributed by atoms with van der Waals surface area (Å²) in [6.45, 7) is 0. The smallest absolute Gasteiger partial charge is 0.200 e. The number of H-pyrrole nitrogens is 1. The van der Waals surface area contributed by atoms with E-state index in [1.165, 1.54) is 0 Å². The molecule has 4 nitrogen and oxygen atoms in total. The summed E-state index contributed by atoms with van der Waals surface area (Å²) in [6.07, 6.45) is 0. The molecule has 3 aromatic rings. The van der Waals surface area contributed by atoms with Crippen LogP contribution in [0.5, 0.6) is 0 Å². The van der Waals surface area contributed by atoms with Gasteiger partial charge in [-0.1, -0.05) is 42.5 Å². The summed E-state index contributed by atoms with van der Waals surface area (Å²) in [5.74, 6) is -0.0549. The lowest BCUT2D eigenvalue weighted by molar-refractivity contribution is 0.104. The van der Waals surface area contributed by atoms with E-state index in [4.69, 9.17) is 5.73 Å². The predicted octanol–water partition coefficient (Wildman–Crippen LogP) is 2.87. The summed E-state index contributed by atoms with van der Waals surface area (Å²) in [5, 5.41) is 7.28. The minimum Gasteiger partial charge on any atom is -0.398 e. The van der Waals surface area contributed by atoms with E-state index in [9.17, 15) is 4.79 Å². The first kappa shape index (κ1) is 11.0. The molecule has 0 unspecified atom stereocenters. The molecule has 0 fully saturated rings. The Morgan fingerprint density at radius 2 is 1.75 bits per heavy atom. The van der Waals surface area contributed by atoms with Crippen molar-refractivity contribution >= 4 is 11.5 Å². The van der Waals surface area contributed by atoms with E-state index < -0.39 is 0 Å². The highest BCUT2D eigenvalue weighted by molar-refractivity contribution is 6.26. The molecule has 4 rings (SSSR count). The Balaban J connectivity index is 1.99. The fourth-order valence-electron chi connectivity index (χ4n) is 2.72. The van der Waals surface area contributed by atoms with Gasteiger partial charge in [0.05, 0.1) is 16.8 Å². The van der Waals surface area contributed by atoms with Gasteiger partial charge in [-0.25, -0.2) is 0 Å². The molecule has 96 valence electrons. The lowest BCUT2D eigenvalue weighted by Gasteiger charge is -2.02. The number of hydrogen-bond donors (Lipinski definition) is 2. The van der Waals surface area contributed by atoms with Crippen molar-refractivity contribution in [3.8, 4) is 22.5 Å². The molecular weight excluding hydrogens is 250 g/mol. The van der Waals surface area contributed by atoms with Gasteiger partial charge in [-0.3, -0.25) is 9.89 Å². The molecule has 1 aliphatic rings. The predicted molar refractivity (Wildman–Crippen MR) is 77.3 cm³/mol. The molecule has 4 heteroatoms. The zero-order valence-corrected chi connectivity index (χ0v) is 10.6. The Bertz CT molecular complexity index is 834. The molecular formula is C16H11N3O. The normalized spacial score (nSPS) is 12.3. The van der Waals surface area contributed by atoms with Crippen LogP contribution in [0, 0.1) is 0 Å². The van der Waals surface area contributed by atoms with Crippen LogP contribution in [0.2, 0.25) is 0 Å². The number of nitrogens with one attached hydrogen (secondary N) is 1. The average molecular weight is 261 g/mol. The van der Waals surface area contributed by atoms with E-state index in [2.05, 4.69) is 10.2 Å². The van der Waals surface area contributed by atoms with Crippen molar-refractivity contribution in [2.24, 2.45) is 0 Å². The quantitative estimate of drug-likeness (QED) is 0.517. The maximum absolute atomic E-state index is 12.6. The number of nitrogen functional groups attached to an aromatic ring is 1. The molecule has 0 aliphatic heterocycles. The van der Waals surface area contributed by atoms with Gasteiger partial charge in [-0.2, -0.15) is 5.10 Å². The van der Waals surface area contributed by atoms with Crippen LogP contribution in [-0.4, -0.2) is 16.0 Å². The zero-order valence-electron chi connectivity index (χ0n) is 10.6. The third-order valence-corrected chi connectivity index (χ3v) is 3.63. The highest BCUT2D eigenvalue weighted by atomic mass is 16.1. The van der Waals surface area contributed by atoms with Gasteiger partial charge in [0.15, 0.2) is 5.78 Å². The standard InChI is InChI=1S/C16H11N3O/c17-11-8-4-7-10-12(11)16(20)13-14(18-19-15(10)13)9-5-2-1-3-6-9/h1-8H,17H2,(H,18,19). The van der Waals surface area contributed by atoms with Crippen LogP contribution in [0.4, 0.5) is 5.69 Å². The number of benzene rings is 2. The number of aromatic nitrogens is 2. The minimum atomic E-state index is -0.0549. The number of carbonyl (C=O) groups is 1. The molecule has 0 amide bonds. The summed E-state index contributed by atoms with van der Waals surface area (Å²) in [5.41, 5.74) is 10.8. The van der Waals surface area contributed by atoms with Crippen molar-refractivity contribution in [3.05, 3.63) is 59.7 Å². The number of nitrogens with two attached hydrogens (primary N) is 1. The lowest BCUT2D eigenvalue weighted by Crippen LogP contribution is -2.02. The first-order valence-electron chi connectivity index (χ1n) is 6.34. The maximum atomic E-state index is 12.6. The number of ketones is 1. The number of hydrogen-bond acceptors (Lipinski definition) is 3. The van der Waals surface area contributed by atoms with Crippen molar-refractivity contribution in [1.82, 2.24) is 10.2 Å². The van der Waals surface area contributed by atoms with Crippen LogP contribution < -0.4 is 5.73 Å². The van der Waals surface area contributed by atoms with Crippen LogP contribution in [0.3, 0.4) is 0 Å². The first-order valence-corrected chi connectivity index (χ1v) is 6.34. The summed E-state index contributed by atoms with van der Waals surface area (Å²) in [7, 11) is 0.